The second-order valence-corrected chi connectivity index (χ2v) is 3.28. The minimum absolute atomic E-state index is 0.246. The molecule has 6 heteroatoms. The standard InChI is InChI=1S/C9H10N4O2/c1-5-6(4-10-13(5)2)3-7-8(14)12-9(15)11-7/h3-4H,1-2H3,(H2,11,12,14,15)/b7-3-. The van der Waals surface area contributed by atoms with Crippen LogP contribution in [0.15, 0.2) is 11.9 Å². The minimum atomic E-state index is -0.493. The summed E-state index contributed by atoms with van der Waals surface area (Å²) in [6, 6.07) is -0.493. The number of aryl methyl sites for hydroxylation is 1. The van der Waals surface area contributed by atoms with Gasteiger partial charge in [-0.05, 0) is 13.0 Å². The van der Waals surface area contributed by atoms with Crippen molar-refractivity contribution in [3.8, 4) is 0 Å². The van der Waals surface area contributed by atoms with Crippen molar-refractivity contribution < 1.29 is 9.59 Å². The van der Waals surface area contributed by atoms with Crippen LogP contribution in [0.4, 0.5) is 4.79 Å². The third-order valence-corrected chi connectivity index (χ3v) is 2.29. The van der Waals surface area contributed by atoms with Crippen LogP contribution in [-0.4, -0.2) is 21.7 Å². The molecule has 0 atom stereocenters. The van der Waals surface area contributed by atoms with Crippen LogP contribution < -0.4 is 10.6 Å². The van der Waals surface area contributed by atoms with E-state index in [4.69, 9.17) is 0 Å². The Morgan fingerprint density at radius 1 is 1.40 bits per heavy atom. The summed E-state index contributed by atoms with van der Waals surface area (Å²) in [5.41, 5.74) is 1.98. The van der Waals surface area contributed by atoms with Gasteiger partial charge in [0.1, 0.15) is 5.70 Å². The average Bonchev–Trinajstić information content (AvgIpc) is 2.64. The Labute approximate surface area is 86.0 Å². The Hall–Kier alpha value is -2.11. The van der Waals surface area contributed by atoms with Gasteiger partial charge in [-0.25, -0.2) is 4.79 Å². The van der Waals surface area contributed by atoms with Crippen molar-refractivity contribution in [3.05, 3.63) is 23.2 Å². The van der Waals surface area contributed by atoms with E-state index in [2.05, 4.69) is 15.7 Å². The van der Waals surface area contributed by atoms with Crippen molar-refractivity contribution in [2.45, 2.75) is 6.92 Å². The number of nitrogens with one attached hydrogen (secondary N) is 2. The summed E-state index contributed by atoms with van der Waals surface area (Å²) in [5.74, 6) is -0.414. The van der Waals surface area contributed by atoms with E-state index in [1.165, 1.54) is 0 Å². The first-order valence-corrected chi connectivity index (χ1v) is 4.40. The molecule has 1 fully saturated rings. The zero-order valence-corrected chi connectivity index (χ0v) is 8.37. The first-order valence-electron chi connectivity index (χ1n) is 4.40. The molecule has 0 aromatic carbocycles. The van der Waals surface area contributed by atoms with Crippen LogP contribution in [0.3, 0.4) is 0 Å². The molecule has 1 saturated heterocycles. The van der Waals surface area contributed by atoms with E-state index in [0.29, 0.717) is 0 Å². The number of nitrogens with zero attached hydrogens (tertiary/aromatic N) is 2. The monoisotopic (exact) mass is 206 g/mol. The predicted octanol–water partition coefficient (Wildman–Crippen LogP) is -0.0912. The van der Waals surface area contributed by atoms with Gasteiger partial charge in [0.25, 0.3) is 5.91 Å². The fourth-order valence-electron chi connectivity index (χ4n) is 1.30. The van der Waals surface area contributed by atoms with Gasteiger partial charge in [0.05, 0.1) is 6.20 Å². The second kappa shape index (κ2) is 3.23. The number of hydrogen-bond donors (Lipinski definition) is 2. The summed E-state index contributed by atoms with van der Waals surface area (Å²) in [6.45, 7) is 1.88. The van der Waals surface area contributed by atoms with Gasteiger partial charge in [0.2, 0.25) is 0 Å². The van der Waals surface area contributed by atoms with Crippen LogP contribution in [-0.2, 0) is 11.8 Å². The highest BCUT2D eigenvalue weighted by molar-refractivity contribution is 6.14. The van der Waals surface area contributed by atoms with E-state index in [9.17, 15) is 9.59 Å². The molecule has 2 N–H and O–H groups in total. The maximum absolute atomic E-state index is 11.2. The number of carbonyl (C=O) groups excluding carboxylic acids is 2. The maximum atomic E-state index is 11.2. The van der Waals surface area contributed by atoms with E-state index < -0.39 is 11.9 Å². The maximum Gasteiger partial charge on any atom is 0.326 e. The molecule has 0 bridgehead atoms. The Kier molecular flexibility index (Phi) is 2.03. The summed E-state index contributed by atoms with van der Waals surface area (Å²) >= 11 is 0. The lowest BCUT2D eigenvalue weighted by atomic mass is 10.2. The topological polar surface area (TPSA) is 76.0 Å². The molecule has 1 aliphatic rings. The van der Waals surface area contributed by atoms with Crippen LogP contribution in [0.25, 0.3) is 6.08 Å². The third kappa shape index (κ3) is 1.61. The number of hydrogen-bond acceptors (Lipinski definition) is 3. The van der Waals surface area contributed by atoms with Crippen molar-refractivity contribution in [1.82, 2.24) is 20.4 Å². The lowest BCUT2D eigenvalue weighted by molar-refractivity contribution is -0.115. The summed E-state index contributed by atoms with van der Waals surface area (Å²) in [6.07, 6.45) is 3.24. The molecule has 6 nitrogen and oxygen atoms in total. The molecule has 0 aliphatic carbocycles. The number of aromatic nitrogens is 2. The molecule has 0 spiro atoms. The summed E-state index contributed by atoms with van der Waals surface area (Å²) in [5, 5.41) is 8.57. The zero-order chi connectivity index (χ0) is 11.0. The summed E-state index contributed by atoms with van der Waals surface area (Å²) < 4.78 is 1.70. The van der Waals surface area contributed by atoms with Crippen molar-refractivity contribution >= 4 is 18.0 Å². The average molecular weight is 206 g/mol. The number of rotatable bonds is 1. The van der Waals surface area contributed by atoms with Crippen LogP contribution in [0.5, 0.6) is 0 Å². The number of amides is 3. The smallest absolute Gasteiger partial charge is 0.303 e. The van der Waals surface area contributed by atoms with Crippen LogP contribution in [0, 0.1) is 6.92 Å². The summed E-state index contributed by atoms with van der Waals surface area (Å²) in [7, 11) is 1.81. The number of imide groups is 1. The lowest BCUT2D eigenvalue weighted by Gasteiger charge is -1.95. The van der Waals surface area contributed by atoms with Crippen LogP contribution >= 0.6 is 0 Å². The van der Waals surface area contributed by atoms with E-state index in [-0.39, 0.29) is 5.70 Å². The van der Waals surface area contributed by atoms with Crippen molar-refractivity contribution in [2.75, 3.05) is 0 Å². The molecular weight excluding hydrogens is 196 g/mol. The molecule has 78 valence electrons. The minimum Gasteiger partial charge on any atom is -0.303 e. The van der Waals surface area contributed by atoms with Gasteiger partial charge < -0.3 is 5.32 Å². The van der Waals surface area contributed by atoms with E-state index in [1.807, 2.05) is 14.0 Å². The molecule has 2 rings (SSSR count). The van der Waals surface area contributed by atoms with E-state index >= 15 is 0 Å². The Balaban J connectivity index is 2.35. The molecule has 1 aromatic rings. The highest BCUT2D eigenvalue weighted by Gasteiger charge is 2.23. The lowest BCUT2D eigenvalue weighted by Crippen LogP contribution is -2.22. The molecular formula is C9H10N4O2. The molecule has 2 heterocycles. The highest BCUT2D eigenvalue weighted by atomic mass is 16.2. The Bertz CT molecular complexity index is 472. The van der Waals surface area contributed by atoms with Crippen molar-refractivity contribution in [1.29, 1.82) is 0 Å². The van der Waals surface area contributed by atoms with Crippen LogP contribution in [0.2, 0.25) is 0 Å². The SMILES string of the molecule is Cc1c(/C=C2\NC(=O)NC2=O)cnn1C. The van der Waals surface area contributed by atoms with Crippen molar-refractivity contribution in [3.63, 3.8) is 0 Å². The van der Waals surface area contributed by atoms with Crippen molar-refractivity contribution in [2.24, 2.45) is 7.05 Å². The first kappa shape index (κ1) is 9.45. The molecule has 0 unspecified atom stereocenters. The molecule has 1 aliphatic heterocycles. The van der Waals surface area contributed by atoms with Gasteiger partial charge in [-0.3, -0.25) is 14.8 Å². The molecule has 3 amide bonds. The predicted molar refractivity (Wildman–Crippen MR) is 52.6 cm³/mol. The number of carbonyl (C=O) groups is 2. The Morgan fingerprint density at radius 2 is 2.13 bits per heavy atom. The fraction of sp³-hybridized carbons (Fsp3) is 0.222. The van der Waals surface area contributed by atoms with Crippen LogP contribution in [0.1, 0.15) is 11.3 Å². The molecule has 0 saturated carbocycles. The van der Waals surface area contributed by atoms with Gasteiger partial charge in [-0.15, -0.1) is 0 Å². The Morgan fingerprint density at radius 3 is 2.60 bits per heavy atom. The normalized spacial score (nSPS) is 18.1. The molecule has 1 aromatic heterocycles. The van der Waals surface area contributed by atoms with Gasteiger partial charge in [-0.1, -0.05) is 0 Å². The summed E-state index contributed by atoms with van der Waals surface area (Å²) in [4.78, 5) is 22.1. The second-order valence-electron chi connectivity index (χ2n) is 3.28. The van der Waals surface area contributed by atoms with Gasteiger partial charge >= 0.3 is 6.03 Å². The first-order chi connectivity index (χ1) is 7.08. The highest BCUT2D eigenvalue weighted by Crippen LogP contribution is 2.11. The third-order valence-electron chi connectivity index (χ3n) is 2.29. The van der Waals surface area contributed by atoms with E-state index in [0.717, 1.165) is 11.3 Å². The van der Waals surface area contributed by atoms with E-state index in [1.54, 1.807) is 17.0 Å². The largest absolute Gasteiger partial charge is 0.326 e. The zero-order valence-electron chi connectivity index (χ0n) is 8.37. The van der Waals surface area contributed by atoms with Gasteiger partial charge in [0, 0.05) is 18.3 Å². The molecule has 15 heavy (non-hydrogen) atoms. The molecule has 0 radical (unpaired) electrons. The number of urea groups is 1. The van der Waals surface area contributed by atoms with Gasteiger partial charge in [0.15, 0.2) is 0 Å². The quantitative estimate of drug-likeness (QED) is 0.498. The van der Waals surface area contributed by atoms with Gasteiger partial charge in [-0.2, -0.15) is 5.10 Å². The fourth-order valence-corrected chi connectivity index (χ4v) is 1.30.